The number of amides is 2. The fraction of sp³-hybridized carbons (Fsp3) is 0.190. The van der Waals surface area contributed by atoms with Gasteiger partial charge in [0.05, 0.1) is 29.7 Å². The SMILES string of the molecule is CCCOc1ccc(/C=C2\SC(=O)N(Cc3ccccc3C#N)C2=O)cc1. The van der Waals surface area contributed by atoms with Crippen LogP contribution in [0.4, 0.5) is 4.79 Å². The van der Waals surface area contributed by atoms with Crippen LogP contribution < -0.4 is 4.74 Å². The van der Waals surface area contributed by atoms with Crippen molar-refractivity contribution in [3.8, 4) is 11.8 Å². The van der Waals surface area contributed by atoms with E-state index in [4.69, 9.17) is 4.74 Å². The predicted molar refractivity (Wildman–Crippen MR) is 105 cm³/mol. The van der Waals surface area contributed by atoms with E-state index in [2.05, 4.69) is 6.07 Å². The normalized spacial score (nSPS) is 15.3. The van der Waals surface area contributed by atoms with Gasteiger partial charge in [-0.1, -0.05) is 37.3 Å². The Morgan fingerprint density at radius 1 is 1.15 bits per heavy atom. The van der Waals surface area contributed by atoms with Crippen LogP contribution in [0.1, 0.15) is 30.0 Å². The number of imide groups is 1. The maximum Gasteiger partial charge on any atom is 0.293 e. The van der Waals surface area contributed by atoms with Gasteiger partial charge in [0.25, 0.3) is 11.1 Å². The lowest BCUT2D eigenvalue weighted by Gasteiger charge is -2.13. The van der Waals surface area contributed by atoms with Crippen LogP contribution in [0.25, 0.3) is 6.08 Å². The Bertz CT molecular complexity index is 929. The second-order valence-corrected chi connectivity index (χ2v) is 6.95. The molecule has 1 aliphatic heterocycles. The number of nitrogens with zero attached hydrogens (tertiary/aromatic N) is 2. The first-order valence-electron chi connectivity index (χ1n) is 8.58. The third kappa shape index (κ3) is 4.39. The van der Waals surface area contributed by atoms with Crippen molar-refractivity contribution < 1.29 is 14.3 Å². The smallest absolute Gasteiger partial charge is 0.293 e. The molecule has 27 heavy (non-hydrogen) atoms. The molecule has 0 unspecified atom stereocenters. The molecule has 1 heterocycles. The highest BCUT2D eigenvalue weighted by Crippen LogP contribution is 2.33. The lowest BCUT2D eigenvalue weighted by Crippen LogP contribution is -2.27. The van der Waals surface area contributed by atoms with Crippen molar-refractivity contribution in [1.29, 1.82) is 5.26 Å². The molecule has 5 nitrogen and oxygen atoms in total. The maximum absolute atomic E-state index is 12.6. The van der Waals surface area contributed by atoms with Crippen LogP contribution in [0.2, 0.25) is 0 Å². The summed E-state index contributed by atoms with van der Waals surface area (Å²) in [5, 5.41) is 8.85. The highest BCUT2D eigenvalue weighted by molar-refractivity contribution is 8.18. The summed E-state index contributed by atoms with van der Waals surface area (Å²) < 4.78 is 5.54. The standard InChI is InChI=1S/C21H18N2O3S/c1-2-11-26-18-9-7-15(8-10-18)12-19-20(24)23(21(25)27-19)14-17-6-4-3-5-16(17)13-22/h3-10,12H,2,11,14H2,1H3/b19-12-. The van der Waals surface area contributed by atoms with Gasteiger partial charge in [-0.25, -0.2) is 0 Å². The molecule has 1 fully saturated rings. The molecule has 1 saturated heterocycles. The topological polar surface area (TPSA) is 70.4 Å². The fourth-order valence-electron chi connectivity index (χ4n) is 2.61. The molecule has 0 N–H and O–H groups in total. The molecule has 0 bridgehead atoms. The van der Waals surface area contributed by atoms with Crippen LogP contribution in [0.15, 0.2) is 53.4 Å². The van der Waals surface area contributed by atoms with Crippen molar-refractivity contribution in [2.24, 2.45) is 0 Å². The minimum absolute atomic E-state index is 0.0928. The minimum Gasteiger partial charge on any atom is -0.494 e. The van der Waals surface area contributed by atoms with Crippen molar-refractivity contribution in [2.75, 3.05) is 6.61 Å². The lowest BCUT2D eigenvalue weighted by molar-refractivity contribution is -0.123. The van der Waals surface area contributed by atoms with Crippen molar-refractivity contribution >= 4 is 29.0 Å². The van der Waals surface area contributed by atoms with Crippen LogP contribution in [0, 0.1) is 11.3 Å². The summed E-state index contributed by atoms with van der Waals surface area (Å²) in [6.07, 6.45) is 2.63. The van der Waals surface area contributed by atoms with Crippen molar-refractivity contribution in [1.82, 2.24) is 4.90 Å². The van der Waals surface area contributed by atoms with Gasteiger partial charge in [0.2, 0.25) is 0 Å². The Labute approximate surface area is 162 Å². The summed E-state index contributed by atoms with van der Waals surface area (Å²) in [5.74, 6) is 0.430. The zero-order valence-corrected chi connectivity index (χ0v) is 15.7. The van der Waals surface area contributed by atoms with E-state index in [1.165, 1.54) is 4.90 Å². The second-order valence-electron chi connectivity index (χ2n) is 5.95. The third-order valence-corrected chi connectivity index (χ3v) is 4.90. The third-order valence-electron chi connectivity index (χ3n) is 3.99. The Hall–Kier alpha value is -3.04. The summed E-state index contributed by atoms with van der Waals surface area (Å²) in [6, 6.07) is 16.4. The van der Waals surface area contributed by atoms with Gasteiger partial charge in [-0.3, -0.25) is 14.5 Å². The van der Waals surface area contributed by atoms with Gasteiger partial charge in [0.1, 0.15) is 5.75 Å². The van der Waals surface area contributed by atoms with Gasteiger partial charge in [-0.05, 0) is 53.6 Å². The summed E-state index contributed by atoms with van der Waals surface area (Å²) >= 11 is 0.912. The monoisotopic (exact) mass is 378 g/mol. The number of hydrogen-bond donors (Lipinski definition) is 0. The second kappa shape index (κ2) is 8.56. The zero-order valence-electron chi connectivity index (χ0n) is 14.8. The van der Waals surface area contributed by atoms with Gasteiger partial charge < -0.3 is 4.74 Å². The molecule has 0 radical (unpaired) electrons. The zero-order chi connectivity index (χ0) is 19.2. The van der Waals surface area contributed by atoms with E-state index in [0.717, 1.165) is 29.5 Å². The number of ether oxygens (including phenoxy) is 1. The number of benzene rings is 2. The van der Waals surface area contributed by atoms with E-state index < -0.39 is 0 Å². The average molecular weight is 378 g/mol. The number of nitriles is 1. The van der Waals surface area contributed by atoms with E-state index >= 15 is 0 Å². The molecule has 0 aromatic heterocycles. The number of carbonyl (C=O) groups excluding carboxylic acids is 2. The maximum atomic E-state index is 12.6. The molecule has 2 aromatic rings. The Balaban J connectivity index is 1.75. The van der Waals surface area contributed by atoms with E-state index in [0.29, 0.717) is 22.6 Å². The Kier molecular flexibility index (Phi) is 5.94. The Morgan fingerprint density at radius 2 is 1.89 bits per heavy atom. The molecule has 2 aromatic carbocycles. The van der Waals surface area contributed by atoms with E-state index in [9.17, 15) is 14.9 Å². The average Bonchev–Trinajstić information content (AvgIpc) is 2.95. The molecule has 136 valence electrons. The van der Waals surface area contributed by atoms with Gasteiger partial charge >= 0.3 is 0 Å². The fourth-order valence-corrected chi connectivity index (χ4v) is 3.44. The van der Waals surface area contributed by atoms with Gasteiger partial charge in [-0.2, -0.15) is 5.26 Å². The highest BCUT2D eigenvalue weighted by atomic mass is 32.2. The van der Waals surface area contributed by atoms with Gasteiger partial charge in [0, 0.05) is 0 Å². The van der Waals surface area contributed by atoms with E-state index in [-0.39, 0.29) is 17.7 Å². The summed E-state index contributed by atoms with van der Waals surface area (Å²) in [4.78, 5) is 26.5. The molecule has 0 atom stereocenters. The molecule has 2 amide bonds. The molecule has 0 spiro atoms. The number of carbonyl (C=O) groups is 2. The van der Waals surface area contributed by atoms with Gasteiger partial charge in [0.15, 0.2) is 0 Å². The van der Waals surface area contributed by atoms with Gasteiger partial charge in [-0.15, -0.1) is 0 Å². The van der Waals surface area contributed by atoms with Crippen molar-refractivity contribution in [2.45, 2.75) is 19.9 Å². The first-order chi connectivity index (χ1) is 13.1. The molecular formula is C21H18N2O3S. The molecule has 6 heteroatoms. The van der Waals surface area contributed by atoms with Crippen molar-refractivity contribution in [3.63, 3.8) is 0 Å². The van der Waals surface area contributed by atoms with Crippen LogP contribution >= 0.6 is 11.8 Å². The van der Waals surface area contributed by atoms with Crippen LogP contribution in [-0.4, -0.2) is 22.7 Å². The quantitative estimate of drug-likeness (QED) is 0.688. The molecule has 0 aliphatic carbocycles. The number of hydrogen-bond acceptors (Lipinski definition) is 5. The summed E-state index contributed by atoms with van der Waals surface area (Å²) in [6.45, 7) is 2.79. The van der Waals surface area contributed by atoms with Crippen LogP contribution in [0.3, 0.4) is 0 Å². The lowest BCUT2D eigenvalue weighted by atomic mass is 10.1. The predicted octanol–water partition coefficient (Wildman–Crippen LogP) is 4.58. The van der Waals surface area contributed by atoms with E-state index in [1.807, 2.05) is 31.2 Å². The first-order valence-corrected chi connectivity index (χ1v) is 9.40. The minimum atomic E-state index is -0.343. The molecule has 1 aliphatic rings. The van der Waals surface area contributed by atoms with E-state index in [1.54, 1.807) is 30.3 Å². The number of rotatable bonds is 6. The Morgan fingerprint density at radius 3 is 2.59 bits per heavy atom. The molecule has 0 saturated carbocycles. The van der Waals surface area contributed by atoms with Crippen molar-refractivity contribution in [3.05, 3.63) is 70.1 Å². The summed E-state index contributed by atoms with van der Waals surface area (Å²) in [5.41, 5.74) is 1.94. The highest BCUT2D eigenvalue weighted by Gasteiger charge is 2.35. The van der Waals surface area contributed by atoms with Crippen LogP contribution in [0.5, 0.6) is 5.75 Å². The molecule has 3 rings (SSSR count). The van der Waals surface area contributed by atoms with Crippen LogP contribution in [-0.2, 0) is 11.3 Å². The largest absolute Gasteiger partial charge is 0.494 e. The molecular weight excluding hydrogens is 360 g/mol. The summed E-state index contributed by atoms with van der Waals surface area (Å²) in [7, 11) is 0. The first kappa shape index (κ1) is 18.7. The number of thioether (sulfide) groups is 1.